The summed E-state index contributed by atoms with van der Waals surface area (Å²) < 4.78 is 5.31. The van der Waals surface area contributed by atoms with Crippen LogP contribution in [-0.4, -0.2) is 26.0 Å². The summed E-state index contributed by atoms with van der Waals surface area (Å²) in [5.41, 5.74) is 0.825. The van der Waals surface area contributed by atoms with E-state index in [2.05, 4.69) is 12.2 Å². The number of rotatable bonds is 5. The van der Waals surface area contributed by atoms with Gasteiger partial charge in [-0.15, -0.1) is 0 Å². The molecule has 1 N–H and O–H groups in total. The van der Waals surface area contributed by atoms with E-state index in [0.717, 1.165) is 37.2 Å². The van der Waals surface area contributed by atoms with Gasteiger partial charge in [0.05, 0.1) is 7.11 Å². The van der Waals surface area contributed by atoms with E-state index in [9.17, 15) is 4.79 Å². The molecule has 1 aliphatic rings. The van der Waals surface area contributed by atoms with Gasteiger partial charge in [0.2, 0.25) is 0 Å². The molecule has 98 valence electrons. The van der Waals surface area contributed by atoms with Gasteiger partial charge in [-0.25, -0.2) is 0 Å². The number of para-hydroxylation sites is 1. The third-order valence-electron chi connectivity index (χ3n) is 4.06. The Balaban J connectivity index is 2.15. The lowest BCUT2D eigenvalue weighted by Gasteiger charge is -2.25. The van der Waals surface area contributed by atoms with Gasteiger partial charge in [-0.3, -0.25) is 4.79 Å². The van der Waals surface area contributed by atoms with Crippen molar-refractivity contribution >= 4 is 5.78 Å². The number of Topliss-reactive ketones (excluding diaryl/α,β-unsaturated/α-hetero) is 1. The van der Waals surface area contributed by atoms with Crippen LogP contribution in [0.15, 0.2) is 24.3 Å². The van der Waals surface area contributed by atoms with Crippen LogP contribution in [0.4, 0.5) is 0 Å². The number of carbonyl (C=O) groups is 1. The maximum absolute atomic E-state index is 12.5. The van der Waals surface area contributed by atoms with Crippen molar-refractivity contribution < 1.29 is 9.53 Å². The molecule has 1 unspecified atom stereocenters. The first-order valence-corrected chi connectivity index (χ1v) is 6.58. The highest BCUT2D eigenvalue weighted by molar-refractivity contribution is 5.87. The van der Waals surface area contributed by atoms with E-state index < -0.39 is 0 Å². The van der Waals surface area contributed by atoms with Gasteiger partial charge in [0.25, 0.3) is 0 Å². The van der Waals surface area contributed by atoms with Crippen molar-refractivity contribution in [3.8, 4) is 5.75 Å². The highest BCUT2D eigenvalue weighted by Crippen LogP contribution is 2.32. The van der Waals surface area contributed by atoms with Crippen LogP contribution in [0.5, 0.6) is 5.75 Å². The smallest absolute Gasteiger partial charge is 0.144 e. The summed E-state index contributed by atoms with van der Waals surface area (Å²) in [6, 6.07) is 7.77. The summed E-state index contributed by atoms with van der Waals surface area (Å²) in [6.45, 7) is 3.87. The predicted molar refractivity (Wildman–Crippen MR) is 71.9 cm³/mol. The lowest BCUT2D eigenvalue weighted by atomic mass is 9.78. The first kappa shape index (κ1) is 13.1. The van der Waals surface area contributed by atoms with Gasteiger partial charge in [0, 0.05) is 23.9 Å². The molecule has 0 saturated carbocycles. The van der Waals surface area contributed by atoms with Gasteiger partial charge in [-0.05, 0) is 25.5 Å². The summed E-state index contributed by atoms with van der Waals surface area (Å²) in [5.74, 6) is 1.14. The molecule has 0 spiro atoms. The molecular formula is C15H21NO2. The number of carbonyl (C=O) groups excluding carboxylic acids is 1. The van der Waals surface area contributed by atoms with E-state index in [1.807, 2.05) is 24.3 Å². The summed E-state index contributed by atoms with van der Waals surface area (Å²) in [7, 11) is 1.65. The molecule has 1 aromatic rings. The zero-order valence-corrected chi connectivity index (χ0v) is 11.2. The molecular weight excluding hydrogens is 226 g/mol. The zero-order valence-electron chi connectivity index (χ0n) is 11.2. The second-order valence-electron chi connectivity index (χ2n) is 4.97. The van der Waals surface area contributed by atoms with E-state index in [1.54, 1.807) is 7.11 Å². The molecule has 3 nitrogen and oxygen atoms in total. The minimum atomic E-state index is -0.166. The SMILES string of the molecule is CCC1(C(=O)Cc2ccccc2OC)CCNC1. The van der Waals surface area contributed by atoms with Crippen LogP contribution in [0.2, 0.25) is 0 Å². The van der Waals surface area contributed by atoms with Crippen molar-refractivity contribution in [2.75, 3.05) is 20.2 Å². The Bertz CT molecular complexity index is 422. The summed E-state index contributed by atoms with van der Waals surface area (Å²) in [5, 5.41) is 3.31. The summed E-state index contributed by atoms with van der Waals surface area (Å²) >= 11 is 0. The lowest BCUT2D eigenvalue weighted by Crippen LogP contribution is -2.34. The van der Waals surface area contributed by atoms with E-state index in [4.69, 9.17) is 4.74 Å². The summed E-state index contributed by atoms with van der Waals surface area (Å²) in [6.07, 6.45) is 2.34. The molecule has 18 heavy (non-hydrogen) atoms. The van der Waals surface area contributed by atoms with Gasteiger partial charge in [-0.1, -0.05) is 25.1 Å². The Labute approximate surface area is 109 Å². The molecule has 1 aliphatic heterocycles. The van der Waals surface area contributed by atoms with Crippen LogP contribution in [0, 0.1) is 5.41 Å². The molecule has 0 amide bonds. The van der Waals surface area contributed by atoms with Gasteiger partial charge < -0.3 is 10.1 Å². The Morgan fingerprint density at radius 1 is 1.44 bits per heavy atom. The first-order chi connectivity index (χ1) is 8.72. The Morgan fingerprint density at radius 3 is 2.83 bits per heavy atom. The molecule has 2 rings (SSSR count). The van der Waals surface area contributed by atoms with E-state index in [0.29, 0.717) is 12.2 Å². The molecule has 0 bridgehead atoms. The van der Waals surface area contributed by atoms with Crippen molar-refractivity contribution in [1.82, 2.24) is 5.32 Å². The monoisotopic (exact) mass is 247 g/mol. The number of hydrogen-bond donors (Lipinski definition) is 1. The maximum Gasteiger partial charge on any atom is 0.144 e. The molecule has 3 heteroatoms. The van der Waals surface area contributed by atoms with Gasteiger partial charge in [0.15, 0.2) is 0 Å². The Hall–Kier alpha value is -1.35. The highest BCUT2D eigenvalue weighted by Gasteiger charge is 2.38. The second kappa shape index (κ2) is 5.53. The standard InChI is InChI=1S/C15H21NO2/c1-3-15(8-9-16-11-15)14(17)10-12-6-4-5-7-13(12)18-2/h4-7,16H,3,8-11H2,1-2H3. The number of ketones is 1. The van der Waals surface area contributed by atoms with Crippen molar-refractivity contribution in [1.29, 1.82) is 0 Å². The molecule has 1 heterocycles. The van der Waals surface area contributed by atoms with Crippen molar-refractivity contribution in [3.05, 3.63) is 29.8 Å². The maximum atomic E-state index is 12.5. The lowest BCUT2D eigenvalue weighted by molar-refractivity contribution is -0.127. The highest BCUT2D eigenvalue weighted by atomic mass is 16.5. The normalized spacial score (nSPS) is 23.0. The minimum absolute atomic E-state index is 0.166. The zero-order chi connectivity index (χ0) is 13.0. The van der Waals surface area contributed by atoms with Gasteiger partial charge in [-0.2, -0.15) is 0 Å². The fourth-order valence-corrected chi connectivity index (χ4v) is 2.69. The number of hydrogen-bond acceptors (Lipinski definition) is 3. The van der Waals surface area contributed by atoms with Gasteiger partial charge in [0.1, 0.15) is 11.5 Å². The number of benzene rings is 1. The number of methoxy groups -OCH3 is 1. The number of ether oxygens (including phenoxy) is 1. The first-order valence-electron chi connectivity index (χ1n) is 6.58. The Morgan fingerprint density at radius 2 is 2.22 bits per heavy atom. The fraction of sp³-hybridized carbons (Fsp3) is 0.533. The van der Waals surface area contributed by atoms with E-state index in [-0.39, 0.29) is 5.41 Å². The van der Waals surface area contributed by atoms with Crippen LogP contribution >= 0.6 is 0 Å². The molecule has 1 fully saturated rings. The third-order valence-corrected chi connectivity index (χ3v) is 4.06. The van der Waals surface area contributed by atoms with Crippen LogP contribution in [0.1, 0.15) is 25.3 Å². The average Bonchev–Trinajstić information content (AvgIpc) is 2.89. The van der Waals surface area contributed by atoms with Crippen molar-refractivity contribution in [2.24, 2.45) is 5.41 Å². The predicted octanol–water partition coefficient (Wildman–Crippen LogP) is 2.20. The average molecular weight is 247 g/mol. The third kappa shape index (κ3) is 2.41. The van der Waals surface area contributed by atoms with Crippen LogP contribution in [0.3, 0.4) is 0 Å². The van der Waals surface area contributed by atoms with Crippen molar-refractivity contribution in [3.63, 3.8) is 0 Å². The minimum Gasteiger partial charge on any atom is -0.496 e. The largest absolute Gasteiger partial charge is 0.496 e. The van der Waals surface area contributed by atoms with E-state index >= 15 is 0 Å². The Kier molecular flexibility index (Phi) is 4.02. The van der Waals surface area contributed by atoms with Crippen LogP contribution in [0.25, 0.3) is 0 Å². The van der Waals surface area contributed by atoms with Gasteiger partial charge >= 0.3 is 0 Å². The summed E-state index contributed by atoms with van der Waals surface area (Å²) in [4.78, 5) is 12.5. The molecule has 0 aliphatic carbocycles. The van der Waals surface area contributed by atoms with Crippen molar-refractivity contribution in [2.45, 2.75) is 26.2 Å². The molecule has 1 aromatic carbocycles. The fourth-order valence-electron chi connectivity index (χ4n) is 2.69. The molecule has 0 radical (unpaired) electrons. The quantitative estimate of drug-likeness (QED) is 0.867. The molecule has 0 aromatic heterocycles. The second-order valence-corrected chi connectivity index (χ2v) is 4.97. The van der Waals surface area contributed by atoms with E-state index in [1.165, 1.54) is 0 Å². The van der Waals surface area contributed by atoms with Crippen LogP contribution in [-0.2, 0) is 11.2 Å². The topological polar surface area (TPSA) is 38.3 Å². The molecule has 1 saturated heterocycles. The van der Waals surface area contributed by atoms with Crippen LogP contribution < -0.4 is 10.1 Å². The molecule has 1 atom stereocenters. The number of nitrogens with one attached hydrogen (secondary N) is 1.